The predicted octanol–water partition coefficient (Wildman–Crippen LogP) is 1.38. The molecule has 0 aliphatic rings. The van der Waals surface area contributed by atoms with Crippen LogP contribution in [-0.2, 0) is 0 Å². The number of hydrogen-bond acceptors (Lipinski definition) is 2. The molecule has 2 nitrogen and oxygen atoms in total. The highest BCUT2D eigenvalue weighted by Crippen LogP contribution is 2.09. The zero-order valence-corrected chi connectivity index (χ0v) is 6.16. The van der Waals surface area contributed by atoms with Crippen LogP contribution in [0.3, 0.4) is 0 Å². The van der Waals surface area contributed by atoms with Crippen LogP contribution >= 0.6 is 0 Å². The molecule has 1 aromatic carbocycles. The van der Waals surface area contributed by atoms with Crippen LogP contribution in [0, 0.1) is 12.0 Å². The van der Waals surface area contributed by atoms with Gasteiger partial charge in [-0.05, 0) is 30.2 Å². The summed E-state index contributed by atoms with van der Waals surface area (Å²) in [5.41, 5.74) is 0.772. The van der Waals surface area contributed by atoms with Gasteiger partial charge in [0.2, 0.25) is 0 Å². The number of aliphatic hydroxyl groups is 1. The average Bonchev–Trinajstić information content (AvgIpc) is 2.07. The van der Waals surface area contributed by atoms with Crippen LogP contribution < -0.4 is 4.74 Å². The molecule has 0 radical (unpaired) electrons. The third-order valence-electron chi connectivity index (χ3n) is 1.29. The lowest BCUT2D eigenvalue weighted by Gasteiger charge is -1.96. The number of methoxy groups -OCH3 is 1. The molecule has 0 amide bonds. The number of benzene rings is 1. The SMILES string of the molecule is COc1ccc(C#CO)cc1. The zero-order valence-electron chi connectivity index (χ0n) is 6.16. The van der Waals surface area contributed by atoms with E-state index in [4.69, 9.17) is 9.84 Å². The standard InChI is InChI=1S/C9H8O2/c1-11-9-4-2-8(3-5-9)6-7-10/h2-5,10H,1H3. The number of ether oxygens (including phenoxy) is 1. The molecular formula is C9H8O2. The summed E-state index contributed by atoms with van der Waals surface area (Å²) in [6.07, 6.45) is 1.83. The molecule has 0 heterocycles. The largest absolute Gasteiger partial charge is 0.497 e. The van der Waals surface area contributed by atoms with E-state index in [0.717, 1.165) is 11.3 Å². The van der Waals surface area contributed by atoms with Gasteiger partial charge in [-0.3, -0.25) is 0 Å². The van der Waals surface area contributed by atoms with Crippen molar-refractivity contribution in [1.82, 2.24) is 0 Å². The van der Waals surface area contributed by atoms with Crippen molar-refractivity contribution in [3.63, 3.8) is 0 Å². The van der Waals surface area contributed by atoms with Gasteiger partial charge in [0.1, 0.15) is 11.9 Å². The lowest BCUT2D eigenvalue weighted by Crippen LogP contribution is -1.81. The summed E-state index contributed by atoms with van der Waals surface area (Å²) in [7, 11) is 1.60. The van der Waals surface area contributed by atoms with Crippen molar-refractivity contribution in [2.45, 2.75) is 0 Å². The first-order valence-electron chi connectivity index (χ1n) is 3.16. The van der Waals surface area contributed by atoms with Crippen molar-refractivity contribution in [2.24, 2.45) is 0 Å². The van der Waals surface area contributed by atoms with Gasteiger partial charge in [0.05, 0.1) is 7.11 Å². The molecular weight excluding hydrogens is 140 g/mol. The first kappa shape index (κ1) is 7.49. The normalized spacial score (nSPS) is 8.09. The van der Waals surface area contributed by atoms with Crippen LogP contribution in [0.25, 0.3) is 0 Å². The van der Waals surface area contributed by atoms with Crippen molar-refractivity contribution in [2.75, 3.05) is 7.11 Å². The van der Waals surface area contributed by atoms with E-state index in [0.29, 0.717) is 0 Å². The molecule has 0 fully saturated rings. The molecule has 11 heavy (non-hydrogen) atoms. The minimum Gasteiger partial charge on any atom is -0.497 e. The van der Waals surface area contributed by atoms with E-state index in [1.54, 1.807) is 31.4 Å². The molecule has 2 heteroatoms. The Labute approximate surface area is 65.4 Å². The molecule has 0 saturated heterocycles. The number of rotatable bonds is 1. The average molecular weight is 148 g/mol. The summed E-state index contributed by atoms with van der Waals surface area (Å²) in [5.74, 6) is 3.29. The van der Waals surface area contributed by atoms with Crippen LogP contribution in [0.15, 0.2) is 24.3 Å². The molecule has 1 N–H and O–H groups in total. The minimum atomic E-state index is 0.772. The van der Waals surface area contributed by atoms with Crippen molar-refractivity contribution in [3.05, 3.63) is 29.8 Å². The first-order valence-corrected chi connectivity index (χ1v) is 3.16. The molecule has 1 aromatic rings. The first-order chi connectivity index (χ1) is 5.36. The Bertz CT molecular complexity index is 277. The van der Waals surface area contributed by atoms with E-state index in [1.165, 1.54) is 0 Å². The second-order valence-corrected chi connectivity index (χ2v) is 1.97. The lowest BCUT2D eigenvalue weighted by molar-refractivity contribution is 0.415. The Morgan fingerprint density at radius 1 is 1.27 bits per heavy atom. The zero-order chi connectivity index (χ0) is 8.10. The summed E-state index contributed by atoms with van der Waals surface area (Å²) >= 11 is 0. The van der Waals surface area contributed by atoms with E-state index in [2.05, 4.69) is 5.92 Å². The Hall–Kier alpha value is -1.62. The van der Waals surface area contributed by atoms with E-state index >= 15 is 0 Å². The quantitative estimate of drug-likeness (QED) is 0.609. The summed E-state index contributed by atoms with van der Waals surface area (Å²) in [6.45, 7) is 0. The molecule has 0 atom stereocenters. The Morgan fingerprint density at radius 3 is 2.36 bits per heavy atom. The maximum atomic E-state index is 8.25. The second-order valence-electron chi connectivity index (χ2n) is 1.97. The Balaban J connectivity index is 2.88. The van der Waals surface area contributed by atoms with Gasteiger partial charge in [-0.25, -0.2) is 0 Å². The van der Waals surface area contributed by atoms with Crippen LogP contribution in [0.4, 0.5) is 0 Å². The molecule has 0 aliphatic heterocycles. The Kier molecular flexibility index (Phi) is 2.40. The maximum Gasteiger partial charge on any atom is 0.118 e. The topological polar surface area (TPSA) is 29.5 Å². The molecule has 0 aromatic heterocycles. The van der Waals surface area contributed by atoms with Gasteiger partial charge in [-0.1, -0.05) is 0 Å². The van der Waals surface area contributed by atoms with Crippen molar-refractivity contribution >= 4 is 0 Å². The van der Waals surface area contributed by atoms with Crippen LogP contribution in [0.1, 0.15) is 5.56 Å². The number of aliphatic hydroxyl groups excluding tert-OH is 1. The monoisotopic (exact) mass is 148 g/mol. The molecule has 1 rings (SSSR count). The summed E-state index contributed by atoms with van der Waals surface area (Å²) < 4.78 is 4.94. The van der Waals surface area contributed by atoms with Crippen LogP contribution in [0.2, 0.25) is 0 Å². The second kappa shape index (κ2) is 3.52. The maximum absolute atomic E-state index is 8.25. The fourth-order valence-electron chi connectivity index (χ4n) is 0.739. The molecule has 0 saturated carbocycles. The fraction of sp³-hybridized carbons (Fsp3) is 0.111. The molecule has 0 unspecified atom stereocenters. The van der Waals surface area contributed by atoms with Crippen LogP contribution in [0.5, 0.6) is 5.75 Å². The van der Waals surface area contributed by atoms with Crippen molar-refractivity contribution in [1.29, 1.82) is 0 Å². The van der Waals surface area contributed by atoms with Gasteiger partial charge in [0, 0.05) is 5.56 Å². The highest BCUT2D eigenvalue weighted by molar-refractivity contribution is 5.37. The minimum absolute atomic E-state index is 0.772. The molecule has 0 bridgehead atoms. The third kappa shape index (κ3) is 1.91. The van der Waals surface area contributed by atoms with E-state index in [-0.39, 0.29) is 0 Å². The third-order valence-corrected chi connectivity index (χ3v) is 1.29. The van der Waals surface area contributed by atoms with Gasteiger partial charge in [0.15, 0.2) is 0 Å². The van der Waals surface area contributed by atoms with Crippen molar-refractivity contribution in [3.8, 4) is 17.8 Å². The fourth-order valence-corrected chi connectivity index (χ4v) is 0.739. The van der Waals surface area contributed by atoms with E-state index in [9.17, 15) is 0 Å². The van der Waals surface area contributed by atoms with Gasteiger partial charge >= 0.3 is 0 Å². The van der Waals surface area contributed by atoms with E-state index in [1.807, 2.05) is 6.11 Å². The highest BCUT2D eigenvalue weighted by atomic mass is 16.5. The molecule has 0 aliphatic carbocycles. The van der Waals surface area contributed by atoms with Gasteiger partial charge < -0.3 is 9.84 Å². The number of hydrogen-bond donors (Lipinski definition) is 1. The smallest absolute Gasteiger partial charge is 0.118 e. The predicted molar refractivity (Wildman–Crippen MR) is 41.8 cm³/mol. The van der Waals surface area contributed by atoms with E-state index < -0.39 is 0 Å². The van der Waals surface area contributed by atoms with Gasteiger partial charge in [-0.15, -0.1) is 0 Å². The summed E-state index contributed by atoms with van der Waals surface area (Å²) in [4.78, 5) is 0. The van der Waals surface area contributed by atoms with Crippen molar-refractivity contribution < 1.29 is 9.84 Å². The Morgan fingerprint density at radius 2 is 1.91 bits per heavy atom. The summed E-state index contributed by atoms with van der Waals surface area (Å²) in [6, 6.07) is 7.14. The van der Waals surface area contributed by atoms with Gasteiger partial charge in [-0.2, -0.15) is 0 Å². The van der Waals surface area contributed by atoms with Gasteiger partial charge in [0.25, 0.3) is 0 Å². The summed E-state index contributed by atoms with van der Waals surface area (Å²) in [5, 5.41) is 8.25. The molecule has 0 spiro atoms. The lowest BCUT2D eigenvalue weighted by atomic mass is 10.2. The highest BCUT2D eigenvalue weighted by Gasteiger charge is 1.88. The molecule has 56 valence electrons. The van der Waals surface area contributed by atoms with Crippen LogP contribution in [-0.4, -0.2) is 12.2 Å².